The summed E-state index contributed by atoms with van der Waals surface area (Å²) >= 11 is 0. The Morgan fingerprint density at radius 3 is 2.48 bits per heavy atom. The lowest BCUT2D eigenvalue weighted by Gasteiger charge is -2.61. The van der Waals surface area contributed by atoms with E-state index < -0.39 is 16.8 Å². The van der Waals surface area contributed by atoms with Crippen LogP contribution in [0.1, 0.15) is 72.1 Å². The van der Waals surface area contributed by atoms with Crippen molar-refractivity contribution in [3.05, 3.63) is 11.6 Å². The van der Waals surface area contributed by atoms with Gasteiger partial charge < -0.3 is 24.5 Å². The van der Waals surface area contributed by atoms with Gasteiger partial charge in [0.2, 0.25) is 0 Å². The van der Waals surface area contributed by atoms with Gasteiger partial charge in [-0.05, 0) is 50.4 Å². The number of hydrogen-bond donors (Lipinski definition) is 2. The number of rotatable bonds is 1. The monoisotopic (exact) mass is 404 g/mol. The van der Waals surface area contributed by atoms with Crippen LogP contribution in [-0.2, 0) is 14.3 Å². The molecule has 2 N–H and O–H groups in total. The van der Waals surface area contributed by atoms with Crippen LogP contribution in [0, 0.1) is 28.1 Å². The molecule has 29 heavy (non-hydrogen) atoms. The highest BCUT2D eigenvalue weighted by Crippen LogP contribution is 2.66. The Morgan fingerprint density at radius 2 is 1.79 bits per heavy atom. The molecule has 1 aliphatic heterocycles. The van der Waals surface area contributed by atoms with Crippen LogP contribution in [-0.4, -0.2) is 47.2 Å². The molecule has 4 fully saturated rings. The molecule has 5 heteroatoms. The van der Waals surface area contributed by atoms with Crippen LogP contribution < -0.4 is 0 Å². The zero-order chi connectivity index (χ0) is 20.7. The van der Waals surface area contributed by atoms with Gasteiger partial charge in [-0.1, -0.05) is 32.4 Å². The quantitative estimate of drug-likeness (QED) is 0.518. The highest BCUT2D eigenvalue weighted by Gasteiger charge is 2.67. The minimum Gasteiger partial charge on any atom is -0.393 e. The topological polar surface area (TPSA) is 76.0 Å². The summed E-state index contributed by atoms with van der Waals surface area (Å²) in [7, 11) is 0. The molecule has 0 bridgehead atoms. The first kappa shape index (κ1) is 20.2. The first-order valence-electron chi connectivity index (χ1n) is 11.4. The van der Waals surface area contributed by atoms with Crippen molar-refractivity contribution in [1.82, 2.24) is 0 Å². The first-order chi connectivity index (χ1) is 13.6. The zero-order valence-electron chi connectivity index (χ0n) is 18.1. The van der Waals surface area contributed by atoms with Crippen LogP contribution in [0.2, 0.25) is 0 Å². The lowest BCUT2D eigenvalue weighted by molar-refractivity contribution is -0.339. The Labute approximate surface area is 173 Å². The van der Waals surface area contributed by atoms with Crippen molar-refractivity contribution in [2.45, 2.75) is 89.6 Å². The van der Waals surface area contributed by atoms with Crippen molar-refractivity contribution in [3.63, 3.8) is 0 Å². The van der Waals surface area contributed by atoms with Crippen molar-refractivity contribution in [2.75, 3.05) is 13.2 Å². The van der Waals surface area contributed by atoms with E-state index in [2.05, 4.69) is 26.8 Å². The Kier molecular flexibility index (Phi) is 4.28. The molecule has 5 nitrogen and oxygen atoms in total. The number of carbonyl (C=O) groups excluding carboxylic acids is 1. The number of aliphatic hydroxyl groups is 2. The Hall–Kier alpha value is -0.750. The second-order valence-corrected chi connectivity index (χ2v) is 11.7. The molecule has 0 aromatic carbocycles. The van der Waals surface area contributed by atoms with Gasteiger partial charge in [0.05, 0.1) is 30.3 Å². The predicted octanol–water partition coefficient (Wildman–Crippen LogP) is 3.37. The minimum absolute atomic E-state index is 0.0234. The van der Waals surface area contributed by atoms with Gasteiger partial charge >= 0.3 is 0 Å². The normalized spacial score (nSPS) is 50.2. The van der Waals surface area contributed by atoms with Crippen LogP contribution in [0.15, 0.2) is 11.6 Å². The molecule has 3 unspecified atom stereocenters. The lowest BCUT2D eigenvalue weighted by atomic mass is 9.47. The number of aliphatic hydroxyl groups excluding tert-OH is 1. The van der Waals surface area contributed by atoms with E-state index in [4.69, 9.17) is 9.47 Å². The molecule has 0 radical (unpaired) electrons. The smallest absolute Gasteiger partial charge is 0.171 e. The van der Waals surface area contributed by atoms with Crippen LogP contribution in [0.4, 0.5) is 0 Å². The number of aldehydes is 1. The Balaban J connectivity index is 1.48. The Morgan fingerprint density at radius 1 is 1.07 bits per heavy atom. The highest BCUT2D eigenvalue weighted by atomic mass is 16.7. The predicted molar refractivity (Wildman–Crippen MR) is 108 cm³/mol. The average Bonchev–Trinajstić information content (AvgIpc) is 2.99. The molecule has 5 rings (SSSR count). The molecule has 0 amide bonds. The molecule has 4 aliphatic carbocycles. The summed E-state index contributed by atoms with van der Waals surface area (Å²) in [4.78, 5) is 12.7. The maximum Gasteiger partial charge on any atom is 0.171 e. The molecule has 1 saturated heterocycles. The number of fused-ring (bicyclic) bond motifs is 5. The van der Waals surface area contributed by atoms with Gasteiger partial charge in [-0.3, -0.25) is 0 Å². The first-order valence-corrected chi connectivity index (χ1v) is 11.4. The Bertz CT molecular complexity index is 734. The molecule has 3 saturated carbocycles. The van der Waals surface area contributed by atoms with Crippen molar-refractivity contribution in [1.29, 1.82) is 0 Å². The van der Waals surface area contributed by atoms with E-state index in [1.165, 1.54) is 0 Å². The summed E-state index contributed by atoms with van der Waals surface area (Å²) in [6, 6.07) is 0. The van der Waals surface area contributed by atoms with Crippen molar-refractivity contribution < 1.29 is 24.5 Å². The van der Waals surface area contributed by atoms with E-state index >= 15 is 0 Å². The van der Waals surface area contributed by atoms with Crippen molar-refractivity contribution in [3.8, 4) is 0 Å². The van der Waals surface area contributed by atoms with Gasteiger partial charge in [0.25, 0.3) is 0 Å². The summed E-state index contributed by atoms with van der Waals surface area (Å²) in [6.45, 7) is 7.68. The third-order valence-electron chi connectivity index (χ3n) is 9.34. The van der Waals surface area contributed by atoms with E-state index in [1.54, 1.807) is 0 Å². The molecule has 0 aromatic heterocycles. The fourth-order valence-electron chi connectivity index (χ4n) is 7.41. The van der Waals surface area contributed by atoms with Crippen molar-refractivity contribution >= 4 is 6.29 Å². The lowest BCUT2D eigenvalue weighted by Crippen LogP contribution is -2.65. The van der Waals surface area contributed by atoms with Gasteiger partial charge in [0.15, 0.2) is 5.79 Å². The number of ether oxygens (including phenoxy) is 2. The second kappa shape index (κ2) is 6.15. The second-order valence-electron chi connectivity index (χ2n) is 11.7. The summed E-state index contributed by atoms with van der Waals surface area (Å²) in [5.41, 5.74) is -0.934. The summed E-state index contributed by atoms with van der Waals surface area (Å²) in [5, 5.41) is 22.5. The highest BCUT2D eigenvalue weighted by molar-refractivity contribution is 5.70. The molecule has 162 valence electrons. The summed E-state index contributed by atoms with van der Waals surface area (Å²) in [6.07, 6.45) is 8.67. The van der Waals surface area contributed by atoms with Crippen LogP contribution in [0.5, 0.6) is 0 Å². The summed E-state index contributed by atoms with van der Waals surface area (Å²) in [5.74, 6) is -0.0769. The fraction of sp³-hybridized carbons (Fsp3) is 0.875. The van der Waals surface area contributed by atoms with Gasteiger partial charge in [-0.2, -0.15) is 0 Å². The van der Waals surface area contributed by atoms with E-state index in [0.29, 0.717) is 44.8 Å². The van der Waals surface area contributed by atoms with Crippen LogP contribution >= 0.6 is 0 Å². The molecule has 1 heterocycles. The fourth-order valence-corrected chi connectivity index (χ4v) is 7.41. The third kappa shape index (κ3) is 2.63. The standard InChI is InChI=1S/C24H36O5/c1-20(2)14-28-24(29-15-20)11-10-22(13-25)18-7-8-21(3)17(4-5-19(21)26)16(18)6-9-23(22,27)12-24/h7,13,16-17,19,26-27H,4-6,8-12,14-15H2,1-3H3/t16?,17?,19?,21-,22-,23-/m0/s1. The van der Waals surface area contributed by atoms with Gasteiger partial charge in [0.1, 0.15) is 6.29 Å². The molecular formula is C24H36O5. The zero-order valence-corrected chi connectivity index (χ0v) is 18.1. The van der Waals surface area contributed by atoms with Crippen molar-refractivity contribution in [2.24, 2.45) is 28.1 Å². The summed E-state index contributed by atoms with van der Waals surface area (Å²) < 4.78 is 12.4. The van der Waals surface area contributed by atoms with E-state index in [-0.39, 0.29) is 22.9 Å². The molecule has 0 aromatic rings. The molecular weight excluding hydrogens is 368 g/mol. The minimum atomic E-state index is -1.12. The van der Waals surface area contributed by atoms with Gasteiger partial charge in [-0.25, -0.2) is 0 Å². The average molecular weight is 405 g/mol. The van der Waals surface area contributed by atoms with E-state index in [1.807, 2.05) is 0 Å². The van der Waals surface area contributed by atoms with Gasteiger partial charge in [-0.15, -0.1) is 0 Å². The maximum absolute atomic E-state index is 12.7. The number of hydrogen-bond acceptors (Lipinski definition) is 5. The van der Waals surface area contributed by atoms with E-state index in [9.17, 15) is 15.0 Å². The maximum atomic E-state index is 12.7. The number of allylic oxidation sites excluding steroid dienone is 1. The third-order valence-corrected chi connectivity index (χ3v) is 9.34. The largest absolute Gasteiger partial charge is 0.393 e. The molecule has 5 aliphatic rings. The molecule has 1 spiro atoms. The SMILES string of the molecule is CC1(C)COC2(CC[C@]3(C=O)C4=CC[C@]5(C)C(O)CCC5C4CC[C@]3(O)C2)OC1. The molecule has 6 atom stereocenters. The van der Waals surface area contributed by atoms with Gasteiger partial charge in [0, 0.05) is 23.7 Å². The van der Waals surface area contributed by atoms with Crippen LogP contribution in [0.25, 0.3) is 0 Å². The van der Waals surface area contributed by atoms with Crippen LogP contribution in [0.3, 0.4) is 0 Å². The van der Waals surface area contributed by atoms with E-state index in [0.717, 1.165) is 37.5 Å². The number of carbonyl (C=O) groups is 1.